The summed E-state index contributed by atoms with van der Waals surface area (Å²) in [5.41, 5.74) is 0. The topological polar surface area (TPSA) is 23.5 Å². The lowest BCUT2D eigenvalue weighted by atomic mass is 10.2. The van der Waals surface area contributed by atoms with Crippen LogP contribution in [0.2, 0.25) is 0 Å². The number of aliphatic hydroxyl groups excluding tert-OH is 1. The molecule has 2 unspecified atom stereocenters. The van der Waals surface area contributed by atoms with Crippen LogP contribution >= 0.6 is 11.8 Å². The van der Waals surface area contributed by atoms with Gasteiger partial charge in [-0.1, -0.05) is 13.8 Å². The average molecular weight is 189 g/mol. The van der Waals surface area contributed by atoms with Gasteiger partial charge in [-0.2, -0.15) is 11.8 Å². The molecule has 2 nitrogen and oxygen atoms in total. The maximum Gasteiger partial charge on any atom is 0.0664 e. The van der Waals surface area contributed by atoms with Gasteiger partial charge in [0.1, 0.15) is 0 Å². The number of rotatable bonds is 3. The molecule has 72 valence electrons. The molecule has 0 spiro atoms. The molecule has 0 aromatic heterocycles. The SMILES string of the molecule is CCC(O)CN1CCSC(C)C1. The molecule has 0 bridgehead atoms. The van der Waals surface area contributed by atoms with E-state index >= 15 is 0 Å². The molecule has 1 saturated heterocycles. The van der Waals surface area contributed by atoms with E-state index in [-0.39, 0.29) is 6.10 Å². The number of β-amino-alcohol motifs (C(OH)–C–C–N with tert-alkyl or cyclic N) is 1. The highest BCUT2D eigenvalue weighted by molar-refractivity contribution is 7.99. The minimum atomic E-state index is -0.125. The van der Waals surface area contributed by atoms with Crippen LogP contribution in [0.3, 0.4) is 0 Å². The van der Waals surface area contributed by atoms with Crippen molar-refractivity contribution >= 4 is 11.8 Å². The first-order valence-corrected chi connectivity index (χ1v) is 5.79. The van der Waals surface area contributed by atoms with Gasteiger partial charge in [-0.25, -0.2) is 0 Å². The largest absolute Gasteiger partial charge is 0.392 e. The van der Waals surface area contributed by atoms with Gasteiger partial charge >= 0.3 is 0 Å². The third kappa shape index (κ3) is 3.33. The Bertz CT molecular complexity index is 132. The van der Waals surface area contributed by atoms with Gasteiger partial charge in [0.25, 0.3) is 0 Å². The molecular weight excluding hydrogens is 170 g/mol. The molecule has 0 saturated carbocycles. The van der Waals surface area contributed by atoms with Crippen molar-refractivity contribution in [3.8, 4) is 0 Å². The van der Waals surface area contributed by atoms with Crippen molar-refractivity contribution in [1.29, 1.82) is 0 Å². The minimum Gasteiger partial charge on any atom is -0.392 e. The Hall–Kier alpha value is 0.270. The van der Waals surface area contributed by atoms with Gasteiger partial charge < -0.3 is 5.11 Å². The number of aliphatic hydroxyl groups is 1. The molecule has 0 aliphatic carbocycles. The summed E-state index contributed by atoms with van der Waals surface area (Å²) < 4.78 is 0. The number of hydrogen-bond donors (Lipinski definition) is 1. The Labute approximate surface area is 79.3 Å². The molecule has 1 aliphatic heterocycles. The van der Waals surface area contributed by atoms with Gasteiger partial charge in [0.15, 0.2) is 0 Å². The minimum absolute atomic E-state index is 0.125. The first kappa shape index (κ1) is 10.4. The van der Waals surface area contributed by atoms with Crippen LogP contribution in [0.25, 0.3) is 0 Å². The van der Waals surface area contributed by atoms with Crippen LogP contribution in [0, 0.1) is 0 Å². The van der Waals surface area contributed by atoms with Crippen LogP contribution in [-0.4, -0.2) is 46.7 Å². The summed E-state index contributed by atoms with van der Waals surface area (Å²) in [5, 5.41) is 10.2. The predicted octanol–water partition coefficient (Wildman–Crippen LogP) is 1.19. The molecule has 1 fully saturated rings. The average Bonchev–Trinajstić information content (AvgIpc) is 2.04. The summed E-state index contributed by atoms with van der Waals surface area (Å²) in [6.07, 6.45) is 0.748. The number of thioether (sulfide) groups is 1. The highest BCUT2D eigenvalue weighted by Crippen LogP contribution is 2.17. The Morgan fingerprint density at radius 3 is 3.00 bits per heavy atom. The molecule has 1 heterocycles. The van der Waals surface area contributed by atoms with Gasteiger partial charge in [0, 0.05) is 30.6 Å². The summed E-state index contributed by atoms with van der Waals surface area (Å²) >= 11 is 2.03. The molecule has 1 aliphatic rings. The Kier molecular flexibility index (Phi) is 4.40. The second-order valence-electron chi connectivity index (χ2n) is 3.50. The van der Waals surface area contributed by atoms with Crippen molar-refractivity contribution in [2.45, 2.75) is 31.6 Å². The predicted molar refractivity (Wildman–Crippen MR) is 54.7 cm³/mol. The van der Waals surface area contributed by atoms with E-state index in [0.717, 1.165) is 31.3 Å². The molecule has 2 atom stereocenters. The molecule has 1 N–H and O–H groups in total. The fourth-order valence-electron chi connectivity index (χ4n) is 1.48. The standard InChI is InChI=1S/C9H19NOS/c1-3-9(11)7-10-4-5-12-8(2)6-10/h8-9,11H,3-7H2,1-2H3. The lowest BCUT2D eigenvalue weighted by Crippen LogP contribution is -2.41. The fraction of sp³-hybridized carbons (Fsp3) is 1.00. The van der Waals surface area contributed by atoms with E-state index in [1.54, 1.807) is 0 Å². The zero-order valence-electron chi connectivity index (χ0n) is 7.99. The van der Waals surface area contributed by atoms with E-state index in [1.165, 1.54) is 5.75 Å². The Balaban J connectivity index is 2.22. The van der Waals surface area contributed by atoms with Crippen molar-refractivity contribution in [2.75, 3.05) is 25.4 Å². The van der Waals surface area contributed by atoms with E-state index in [4.69, 9.17) is 0 Å². The summed E-state index contributed by atoms with van der Waals surface area (Å²) in [5.74, 6) is 1.22. The van der Waals surface area contributed by atoms with Crippen LogP contribution in [0.4, 0.5) is 0 Å². The van der Waals surface area contributed by atoms with Crippen molar-refractivity contribution in [3.63, 3.8) is 0 Å². The highest BCUT2D eigenvalue weighted by Gasteiger charge is 2.17. The molecule has 12 heavy (non-hydrogen) atoms. The van der Waals surface area contributed by atoms with Gasteiger partial charge in [-0.3, -0.25) is 4.90 Å². The fourth-order valence-corrected chi connectivity index (χ4v) is 2.57. The van der Waals surface area contributed by atoms with E-state index < -0.39 is 0 Å². The summed E-state index contributed by atoms with van der Waals surface area (Å²) in [4.78, 5) is 2.37. The van der Waals surface area contributed by atoms with Gasteiger partial charge in [0.05, 0.1) is 6.10 Å². The summed E-state index contributed by atoms with van der Waals surface area (Å²) in [7, 11) is 0. The molecular formula is C9H19NOS. The van der Waals surface area contributed by atoms with Crippen molar-refractivity contribution in [1.82, 2.24) is 4.90 Å². The van der Waals surface area contributed by atoms with Gasteiger partial charge in [-0.15, -0.1) is 0 Å². The summed E-state index contributed by atoms with van der Waals surface area (Å²) in [6, 6.07) is 0. The van der Waals surface area contributed by atoms with E-state index in [9.17, 15) is 5.11 Å². The third-order valence-electron chi connectivity index (χ3n) is 2.27. The third-order valence-corrected chi connectivity index (χ3v) is 3.40. The maximum absolute atomic E-state index is 9.45. The van der Waals surface area contributed by atoms with E-state index in [2.05, 4.69) is 11.8 Å². The number of nitrogens with zero attached hydrogens (tertiary/aromatic N) is 1. The van der Waals surface area contributed by atoms with Gasteiger partial charge in [0.2, 0.25) is 0 Å². The van der Waals surface area contributed by atoms with Crippen LogP contribution in [-0.2, 0) is 0 Å². The van der Waals surface area contributed by atoms with Crippen LogP contribution in [0.5, 0.6) is 0 Å². The Morgan fingerprint density at radius 1 is 1.67 bits per heavy atom. The first-order valence-electron chi connectivity index (χ1n) is 4.74. The quantitative estimate of drug-likeness (QED) is 0.721. The lowest BCUT2D eigenvalue weighted by Gasteiger charge is -2.31. The maximum atomic E-state index is 9.45. The van der Waals surface area contributed by atoms with Crippen LogP contribution in [0.1, 0.15) is 20.3 Å². The number of hydrogen-bond acceptors (Lipinski definition) is 3. The Morgan fingerprint density at radius 2 is 2.42 bits per heavy atom. The molecule has 0 radical (unpaired) electrons. The monoisotopic (exact) mass is 189 g/mol. The summed E-state index contributed by atoms with van der Waals surface area (Å²) in [6.45, 7) is 7.44. The van der Waals surface area contributed by atoms with E-state index in [1.807, 2.05) is 18.7 Å². The van der Waals surface area contributed by atoms with Crippen LogP contribution < -0.4 is 0 Å². The second kappa shape index (κ2) is 5.10. The molecule has 0 aromatic rings. The van der Waals surface area contributed by atoms with E-state index in [0.29, 0.717) is 0 Å². The van der Waals surface area contributed by atoms with Gasteiger partial charge in [-0.05, 0) is 6.42 Å². The molecule has 0 amide bonds. The van der Waals surface area contributed by atoms with Crippen molar-refractivity contribution in [3.05, 3.63) is 0 Å². The smallest absolute Gasteiger partial charge is 0.0664 e. The molecule has 1 rings (SSSR count). The first-order chi connectivity index (χ1) is 5.72. The molecule has 3 heteroatoms. The normalized spacial score (nSPS) is 28.8. The zero-order valence-corrected chi connectivity index (χ0v) is 8.81. The zero-order chi connectivity index (χ0) is 8.97. The van der Waals surface area contributed by atoms with Crippen LogP contribution in [0.15, 0.2) is 0 Å². The highest BCUT2D eigenvalue weighted by atomic mass is 32.2. The van der Waals surface area contributed by atoms with Crippen molar-refractivity contribution in [2.24, 2.45) is 0 Å². The van der Waals surface area contributed by atoms with Crippen molar-refractivity contribution < 1.29 is 5.11 Å². The molecule has 0 aromatic carbocycles. The lowest BCUT2D eigenvalue weighted by molar-refractivity contribution is 0.112. The second-order valence-corrected chi connectivity index (χ2v) is 5.05.